The molecule has 1 aliphatic carbocycles. The van der Waals surface area contributed by atoms with Gasteiger partial charge in [0.15, 0.2) is 6.61 Å². The Morgan fingerprint density at radius 3 is 2.52 bits per heavy atom. The van der Waals surface area contributed by atoms with Crippen LogP contribution in [0.4, 0.5) is 18.9 Å². The van der Waals surface area contributed by atoms with Crippen molar-refractivity contribution in [3.8, 4) is 5.88 Å². The van der Waals surface area contributed by atoms with E-state index in [0.717, 1.165) is 6.42 Å². The number of alkyl halides is 3. The van der Waals surface area contributed by atoms with E-state index in [9.17, 15) is 22.8 Å². The van der Waals surface area contributed by atoms with E-state index in [1.807, 2.05) is 6.92 Å². The molecule has 2 atom stereocenters. The summed E-state index contributed by atoms with van der Waals surface area (Å²) in [6, 6.07) is 9.44. The zero-order chi connectivity index (χ0) is 21.0. The summed E-state index contributed by atoms with van der Waals surface area (Å²) >= 11 is 0. The van der Waals surface area contributed by atoms with Crippen molar-refractivity contribution in [1.29, 1.82) is 0 Å². The monoisotopic (exact) mass is 407 g/mol. The van der Waals surface area contributed by atoms with Crippen molar-refractivity contribution >= 4 is 17.5 Å². The topological polar surface area (TPSA) is 80.3 Å². The van der Waals surface area contributed by atoms with E-state index >= 15 is 0 Å². The predicted molar refractivity (Wildman–Crippen MR) is 99.3 cm³/mol. The summed E-state index contributed by atoms with van der Waals surface area (Å²) in [4.78, 5) is 28.0. The van der Waals surface area contributed by atoms with Crippen LogP contribution in [-0.4, -0.2) is 29.6 Å². The highest BCUT2D eigenvalue weighted by Gasteiger charge is 2.39. The Labute approximate surface area is 165 Å². The largest absolute Gasteiger partial charge is 0.468 e. The molecular formula is C20H20F3N3O3. The Kier molecular flexibility index (Phi) is 6.05. The van der Waals surface area contributed by atoms with Crippen LogP contribution in [0, 0.1) is 11.8 Å². The molecule has 0 bridgehead atoms. The summed E-state index contributed by atoms with van der Waals surface area (Å²) in [6.45, 7) is 0.509. The average Bonchev–Trinajstić information content (AvgIpc) is 3.42. The first-order valence-corrected chi connectivity index (χ1v) is 9.05. The van der Waals surface area contributed by atoms with Crippen LogP contribution in [0.5, 0.6) is 5.88 Å². The van der Waals surface area contributed by atoms with Gasteiger partial charge in [-0.05, 0) is 42.7 Å². The molecule has 0 saturated heterocycles. The quantitative estimate of drug-likeness (QED) is 0.736. The number of anilines is 1. The van der Waals surface area contributed by atoms with Gasteiger partial charge in [-0.1, -0.05) is 13.0 Å². The lowest BCUT2D eigenvalue weighted by Crippen LogP contribution is -2.24. The number of benzene rings is 1. The van der Waals surface area contributed by atoms with E-state index in [1.165, 1.54) is 12.3 Å². The number of pyridine rings is 1. The highest BCUT2D eigenvalue weighted by Crippen LogP contribution is 2.38. The molecule has 2 aromatic rings. The van der Waals surface area contributed by atoms with Crippen LogP contribution in [0.2, 0.25) is 0 Å². The van der Waals surface area contributed by atoms with Gasteiger partial charge in [0.1, 0.15) is 0 Å². The molecule has 0 spiro atoms. The lowest BCUT2D eigenvalue weighted by atomic mass is 10.2. The number of carbonyl (C=O) groups excluding carboxylic acids is 2. The Bertz CT molecular complexity index is 885. The smallest absolute Gasteiger partial charge is 0.422 e. The third-order valence-corrected chi connectivity index (χ3v) is 4.52. The molecule has 1 heterocycles. The van der Waals surface area contributed by atoms with Crippen molar-refractivity contribution in [1.82, 2.24) is 10.3 Å². The number of ether oxygens (including phenoxy) is 1. The van der Waals surface area contributed by atoms with E-state index in [0.29, 0.717) is 22.7 Å². The third kappa shape index (κ3) is 5.94. The highest BCUT2D eigenvalue weighted by molar-refractivity contribution is 5.96. The van der Waals surface area contributed by atoms with Crippen molar-refractivity contribution in [3.05, 3.63) is 53.7 Å². The number of hydrogen-bond acceptors (Lipinski definition) is 4. The number of aromatic nitrogens is 1. The van der Waals surface area contributed by atoms with Gasteiger partial charge in [0, 0.05) is 35.5 Å². The van der Waals surface area contributed by atoms with Crippen LogP contribution < -0.4 is 15.4 Å². The Morgan fingerprint density at radius 1 is 1.21 bits per heavy atom. The summed E-state index contributed by atoms with van der Waals surface area (Å²) in [5, 5.41) is 5.42. The van der Waals surface area contributed by atoms with E-state index in [2.05, 4.69) is 15.6 Å². The number of rotatable bonds is 7. The van der Waals surface area contributed by atoms with Gasteiger partial charge in [0.05, 0.1) is 0 Å². The van der Waals surface area contributed by atoms with Crippen LogP contribution in [0.1, 0.15) is 29.3 Å². The van der Waals surface area contributed by atoms with Gasteiger partial charge in [0.2, 0.25) is 11.8 Å². The normalized spacial score (nSPS) is 18.1. The average molecular weight is 407 g/mol. The maximum Gasteiger partial charge on any atom is 0.422 e. The summed E-state index contributed by atoms with van der Waals surface area (Å²) in [7, 11) is 0. The standard InChI is InChI=1S/C20H20F3N3O3/c1-12-9-16(12)18(28)26-15-6-4-13(5-7-15)17(27)25-10-14-3-2-8-24-19(14)29-11-20(21,22)23/h2-8,12,16H,9-11H2,1H3,(H,25,27)(H,26,28). The number of nitrogens with zero attached hydrogens (tertiary/aromatic N) is 1. The second-order valence-corrected chi connectivity index (χ2v) is 6.94. The number of amides is 2. The van der Waals surface area contributed by atoms with Crippen LogP contribution in [0.25, 0.3) is 0 Å². The third-order valence-electron chi connectivity index (χ3n) is 4.52. The SMILES string of the molecule is CC1CC1C(=O)Nc1ccc(C(=O)NCc2cccnc2OCC(F)(F)F)cc1. The molecule has 3 rings (SSSR count). The van der Waals surface area contributed by atoms with E-state index in [4.69, 9.17) is 4.74 Å². The van der Waals surface area contributed by atoms with E-state index < -0.39 is 18.7 Å². The molecule has 2 amide bonds. The summed E-state index contributed by atoms with van der Waals surface area (Å²) < 4.78 is 41.7. The Morgan fingerprint density at radius 2 is 1.90 bits per heavy atom. The minimum Gasteiger partial charge on any atom is -0.468 e. The van der Waals surface area contributed by atoms with Crippen LogP contribution >= 0.6 is 0 Å². The van der Waals surface area contributed by atoms with Gasteiger partial charge >= 0.3 is 6.18 Å². The van der Waals surface area contributed by atoms with Crippen molar-refractivity contribution in [2.75, 3.05) is 11.9 Å². The van der Waals surface area contributed by atoms with Crippen molar-refractivity contribution in [3.63, 3.8) is 0 Å². The van der Waals surface area contributed by atoms with E-state index in [1.54, 1.807) is 30.3 Å². The first-order chi connectivity index (χ1) is 13.7. The van der Waals surface area contributed by atoms with Crippen LogP contribution in [-0.2, 0) is 11.3 Å². The summed E-state index contributed by atoms with van der Waals surface area (Å²) in [5.41, 5.74) is 1.28. The Hall–Kier alpha value is -3.10. The molecule has 154 valence electrons. The minimum absolute atomic E-state index is 0.0299. The molecule has 1 fully saturated rings. The van der Waals surface area contributed by atoms with Crippen molar-refractivity contribution in [2.24, 2.45) is 11.8 Å². The second kappa shape index (κ2) is 8.50. The predicted octanol–water partition coefficient (Wildman–Crippen LogP) is 3.55. The molecule has 6 nitrogen and oxygen atoms in total. The maximum absolute atomic E-state index is 12.3. The molecular weight excluding hydrogens is 387 g/mol. The van der Waals surface area contributed by atoms with E-state index in [-0.39, 0.29) is 24.2 Å². The molecule has 0 radical (unpaired) electrons. The number of nitrogens with one attached hydrogen (secondary N) is 2. The second-order valence-electron chi connectivity index (χ2n) is 6.94. The molecule has 1 aromatic carbocycles. The summed E-state index contributed by atoms with van der Waals surface area (Å²) in [5.74, 6) is -0.178. The van der Waals surface area contributed by atoms with Gasteiger partial charge < -0.3 is 15.4 Å². The fourth-order valence-electron chi connectivity index (χ4n) is 2.74. The van der Waals surface area contributed by atoms with Gasteiger partial charge in [-0.3, -0.25) is 9.59 Å². The lowest BCUT2D eigenvalue weighted by Gasteiger charge is -2.12. The number of halogens is 3. The first-order valence-electron chi connectivity index (χ1n) is 9.05. The van der Waals surface area contributed by atoms with Gasteiger partial charge in [-0.25, -0.2) is 4.98 Å². The Balaban J connectivity index is 1.55. The van der Waals surface area contributed by atoms with Crippen molar-refractivity contribution in [2.45, 2.75) is 26.1 Å². The zero-order valence-electron chi connectivity index (χ0n) is 15.6. The summed E-state index contributed by atoms with van der Waals surface area (Å²) in [6.07, 6.45) is -2.28. The molecule has 1 aromatic heterocycles. The molecule has 2 unspecified atom stereocenters. The maximum atomic E-state index is 12.3. The minimum atomic E-state index is -4.48. The molecule has 29 heavy (non-hydrogen) atoms. The highest BCUT2D eigenvalue weighted by atomic mass is 19.4. The van der Waals surface area contributed by atoms with Crippen molar-refractivity contribution < 1.29 is 27.5 Å². The molecule has 9 heteroatoms. The van der Waals surface area contributed by atoms with Gasteiger partial charge in [-0.2, -0.15) is 13.2 Å². The molecule has 1 aliphatic rings. The van der Waals surface area contributed by atoms with Crippen LogP contribution in [0.15, 0.2) is 42.6 Å². The fourth-order valence-corrected chi connectivity index (χ4v) is 2.74. The number of hydrogen-bond donors (Lipinski definition) is 2. The molecule has 1 saturated carbocycles. The zero-order valence-corrected chi connectivity index (χ0v) is 15.6. The fraction of sp³-hybridized carbons (Fsp3) is 0.350. The van der Waals surface area contributed by atoms with Gasteiger partial charge in [-0.15, -0.1) is 0 Å². The molecule has 2 N–H and O–H groups in total. The lowest BCUT2D eigenvalue weighted by molar-refractivity contribution is -0.154. The molecule has 0 aliphatic heterocycles. The number of carbonyl (C=O) groups is 2. The van der Waals surface area contributed by atoms with Gasteiger partial charge in [0.25, 0.3) is 5.91 Å². The van der Waals surface area contributed by atoms with Crippen LogP contribution in [0.3, 0.4) is 0 Å². The first kappa shape index (κ1) is 20.6.